The number of benzene rings is 3. The number of fused-ring (bicyclic) bond motifs is 1. The molecule has 0 bridgehead atoms. The first-order valence-corrected chi connectivity index (χ1v) is 10.2. The van der Waals surface area contributed by atoms with E-state index in [4.69, 9.17) is 14.6 Å². The summed E-state index contributed by atoms with van der Waals surface area (Å²) in [7, 11) is 0. The number of hydrogen-bond donors (Lipinski definition) is 1. The molecule has 3 aromatic carbocycles. The van der Waals surface area contributed by atoms with Crippen LogP contribution in [0.15, 0.2) is 78.9 Å². The van der Waals surface area contributed by atoms with Crippen molar-refractivity contribution in [3.8, 4) is 17.0 Å². The first-order valence-electron chi connectivity index (χ1n) is 10.2. The van der Waals surface area contributed by atoms with Crippen molar-refractivity contribution in [2.45, 2.75) is 13.8 Å². The number of carbonyl (C=O) groups is 1. The highest BCUT2D eigenvalue weighted by atomic mass is 16.7. The Morgan fingerprint density at radius 1 is 0.871 bits per heavy atom. The Labute approximate surface area is 181 Å². The Hall–Kier alpha value is -3.70. The van der Waals surface area contributed by atoms with Crippen LogP contribution in [0.3, 0.4) is 0 Å². The lowest BCUT2D eigenvalue weighted by atomic mass is 10.00. The molecule has 5 nitrogen and oxygen atoms in total. The summed E-state index contributed by atoms with van der Waals surface area (Å²) in [6, 6.07) is 25.1. The van der Waals surface area contributed by atoms with E-state index in [2.05, 4.69) is 5.48 Å². The highest BCUT2D eigenvalue weighted by Gasteiger charge is 2.15. The van der Waals surface area contributed by atoms with E-state index in [1.54, 1.807) is 0 Å². The van der Waals surface area contributed by atoms with E-state index in [-0.39, 0.29) is 12.5 Å². The third kappa shape index (κ3) is 4.90. The summed E-state index contributed by atoms with van der Waals surface area (Å²) in [5.74, 6) is 0.448. The Bertz CT molecular complexity index is 1190. The molecule has 4 aromatic rings. The highest BCUT2D eigenvalue weighted by molar-refractivity contribution is 6.07. The standard InChI is InChI=1S/C26H24N2O3/c1-18-15-22-23(26(29)28-31-14-13-30-21-11-7-4-8-12-21)17-24(20-9-5-3-6-10-20)27-25(22)16-19(18)2/h3-12,15-17H,13-14H2,1-2H3,(H,28,29). The molecule has 0 unspecified atom stereocenters. The van der Waals surface area contributed by atoms with E-state index >= 15 is 0 Å². The van der Waals surface area contributed by atoms with Gasteiger partial charge in [0.2, 0.25) is 0 Å². The minimum absolute atomic E-state index is 0.229. The number of hydroxylamine groups is 1. The van der Waals surface area contributed by atoms with Gasteiger partial charge >= 0.3 is 0 Å². The Kier molecular flexibility index (Phi) is 6.24. The van der Waals surface area contributed by atoms with Crippen molar-refractivity contribution in [3.63, 3.8) is 0 Å². The molecule has 1 amide bonds. The number of aryl methyl sites for hydroxylation is 2. The normalized spacial score (nSPS) is 10.8. The van der Waals surface area contributed by atoms with Crippen LogP contribution < -0.4 is 10.2 Å². The van der Waals surface area contributed by atoms with Gasteiger partial charge in [-0.2, -0.15) is 0 Å². The molecular weight excluding hydrogens is 388 g/mol. The fraction of sp³-hybridized carbons (Fsp3) is 0.154. The molecule has 5 heteroatoms. The second-order valence-corrected chi connectivity index (χ2v) is 7.32. The average Bonchev–Trinajstić information content (AvgIpc) is 2.80. The molecule has 0 aliphatic carbocycles. The van der Waals surface area contributed by atoms with Gasteiger partial charge in [-0.15, -0.1) is 0 Å². The van der Waals surface area contributed by atoms with E-state index in [1.807, 2.05) is 92.7 Å². The summed E-state index contributed by atoms with van der Waals surface area (Å²) in [6.45, 7) is 4.63. The average molecular weight is 412 g/mol. The van der Waals surface area contributed by atoms with Crippen molar-refractivity contribution in [1.29, 1.82) is 0 Å². The van der Waals surface area contributed by atoms with Crippen molar-refractivity contribution in [2.75, 3.05) is 13.2 Å². The van der Waals surface area contributed by atoms with Crippen molar-refractivity contribution < 1.29 is 14.4 Å². The van der Waals surface area contributed by atoms with Crippen LogP contribution in [0.5, 0.6) is 5.75 Å². The van der Waals surface area contributed by atoms with Gasteiger partial charge in [0.05, 0.1) is 16.8 Å². The largest absolute Gasteiger partial charge is 0.491 e. The number of aromatic nitrogens is 1. The summed E-state index contributed by atoms with van der Waals surface area (Å²) >= 11 is 0. The first kappa shape index (κ1) is 20.6. The molecule has 156 valence electrons. The van der Waals surface area contributed by atoms with Crippen molar-refractivity contribution in [1.82, 2.24) is 10.5 Å². The minimum atomic E-state index is -0.312. The number of nitrogens with one attached hydrogen (secondary N) is 1. The third-order valence-corrected chi connectivity index (χ3v) is 5.10. The van der Waals surface area contributed by atoms with Crippen LogP contribution in [0.1, 0.15) is 21.5 Å². The Balaban J connectivity index is 1.53. The maximum atomic E-state index is 13.0. The van der Waals surface area contributed by atoms with Gasteiger partial charge in [-0.05, 0) is 55.3 Å². The number of rotatable bonds is 7. The topological polar surface area (TPSA) is 60.5 Å². The molecule has 0 spiro atoms. The molecule has 0 aliphatic rings. The van der Waals surface area contributed by atoms with Crippen LogP contribution >= 0.6 is 0 Å². The van der Waals surface area contributed by atoms with Crippen LogP contribution in [0.2, 0.25) is 0 Å². The van der Waals surface area contributed by atoms with Gasteiger partial charge in [0, 0.05) is 10.9 Å². The molecular formula is C26H24N2O3. The molecule has 4 rings (SSSR count). The number of ether oxygens (including phenoxy) is 1. The van der Waals surface area contributed by atoms with Gasteiger partial charge in [0.25, 0.3) is 5.91 Å². The van der Waals surface area contributed by atoms with E-state index in [9.17, 15) is 4.79 Å². The van der Waals surface area contributed by atoms with Gasteiger partial charge in [-0.1, -0.05) is 48.5 Å². The van der Waals surface area contributed by atoms with Crippen molar-refractivity contribution in [3.05, 3.63) is 95.6 Å². The lowest BCUT2D eigenvalue weighted by Crippen LogP contribution is -2.26. The van der Waals surface area contributed by atoms with Gasteiger partial charge in [0.15, 0.2) is 0 Å². The lowest BCUT2D eigenvalue weighted by Gasteiger charge is -2.13. The summed E-state index contributed by atoms with van der Waals surface area (Å²) < 4.78 is 5.58. The number of amides is 1. The van der Waals surface area contributed by atoms with E-state index in [0.29, 0.717) is 12.2 Å². The zero-order valence-corrected chi connectivity index (χ0v) is 17.6. The fourth-order valence-electron chi connectivity index (χ4n) is 3.32. The molecule has 1 N–H and O–H groups in total. The Morgan fingerprint density at radius 2 is 1.55 bits per heavy atom. The molecule has 0 saturated carbocycles. The monoisotopic (exact) mass is 412 g/mol. The van der Waals surface area contributed by atoms with Crippen LogP contribution in [0.25, 0.3) is 22.2 Å². The van der Waals surface area contributed by atoms with Crippen molar-refractivity contribution >= 4 is 16.8 Å². The number of nitrogens with zero attached hydrogens (tertiary/aromatic N) is 1. The van der Waals surface area contributed by atoms with Crippen LogP contribution in [0.4, 0.5) is 0 Å². The van der Waals surface area contributed by atoms with Crippen LogP contribution in [-0.2, 0) is 4.84 Å². The molecule has 31 heavy (non-hydrogen) atoms. The molecule has 0 fully saturated rings. The molecule has 0 atom stereocenters. The summed E-state index contributed by atoms with van der Waals surface area (Å²) in [4.78, 5) is 23.1. The molecule has 0 aliphatic heterocycles. The van der Waals surface area contributed by atoms with E-state index in [0.717, 1.165) is 39.0 Å². The molecule has 0 saturated heterocycles. The van der Waals surface area contributed by atoms with Crippen molar-refractivity contribution in [2.24, 2.45) is 0 Å². The Morgan fingerprint density at radius 3 is 2.29 bits per heavy atom. The predicted molar refractivity (Wildman–Crippen MR) is 122 cm³/mol. The van der Waals surface area contributed by atoms with Crippen LogP contribution in [0, 0.1) is 13.8 Å². The minimum Gasteiger partial charge on any atom is -0.491 e. The molecule has 1 heterocycles. The number of pyridine rings is 1. The van der Waals surface area contributed by atoms with Gasteiger partial charge in [-0.3, -0.25) is 9.63 Å². The second-order valence-electron chi connectivity index (χ2n) is 7.32. The maximum Gasteiger partial charge on any atom is 0.275 e. The predicted octanol–water partition coefficient (Wildman–Crippen LogP) is 5.26. The van der Waals surface area contributed by atoms with Gasteiger partial charge < -0.3 is 4.74 Å². The number of para-hydroxylation sites is 1. The smallest absolute Gasteiger partial charge is 0.275 e. The quantitative estimate of drug-likeness (QED) is 0.332. The molecule has 1 aromatic heterocycles. The lowest BCUT2D eigenvalue weighted by molar-refractivity contribution is 0.0201. The second kappa shape index (κ2) is 9.41. The van der Waals surface area contributed by atoms with Gasteiger partial charge in [0.1, 0.15) is 19.0 Å². The summed E-state index contributed by atoms with van der Waals surface area (Å²) in [5, 5.41) is 0.796. The highest BCUT2D eigenvalue weighted by Crippen LogP contribution is 2.27. The zero-order chi connectivity index (χ0) is 21.6. The van der Waals surface area contributed by atoms with E-state index < -0.39 is 0 Å². The maximum absolute atomic E-state index is 13.0. The SMILES string of the molecule is Cc1cc2nc(-c3ccccc3)cc(C(=O)NOCCOc3ccccc3)c2cc1C. The molecule has 0 radical (unpaired) electrons. The van der Waals surface area contributed by atoms with Crippen LogP contribution in [-0.4, -0.2) is 24.1 Å². The summed E-state index contributed by atoms with van der Waals surface area (Å²) in [5.41, 5.74) is 7.78. The number of hydrogen-bond acceptors (Lipinski definition) is 4. The number of carbonyl (C=O) groups excluding carboxylic acids is 1. The fourth-order valence-corrected chi connectivity index (χ4v) is 3.32. The third-order valence-electron chi connectivity index (χ3n) is 5.10. The van der Waals surface area contributed by atoms with Gasteiger partial charge in [-0.25, -0.2) is 10.5 Å². The first-order chi connectivity index (χ1) is 15.1. The van der Waals surface area contributed by atoms with E-state index in [1.165, 1.54) is 0 Å². The zero-order valence-electron chi connectivity index (χ0n) is 17.6. The summed E-state index contributed by atoms with van der Waals surface area (Å²) in [6.07, 6.45) is 0.